The molecule has 0 radical (unpaired) electrons. The summed E-state index contributed by atoms with van der Waals surface area (Å²) >= 11 is 0. The van der Waals surface area contributed by atoms with Gasteiger partial charge >= 0.3 is 0 Å². The molecule has 1 aromatic carbocycles. The number of rotatable bonds is 3. The molecule has 0 saturated carbocycles. The van der Waals surface area contributed by atoms with Gasteiger partial charge in [-0.2, -0.15) is 5.10 Å². The SMILES string of the molecule is Cn1cc([C@H]2CCCCCN2C(=O)c2cc(-c3ccc(F)cc3)no2)cn1. The molecule has 7 heteroatoms. The van der Waals surface area contributed by atoms with Crippen LogP contribution in [0.2, 0.25) is 0 Å². The first-order valence-electron chi connectivity index (χ1n) is 9.14. The standard InChI is InChI=1S/C20H21FN4O2/c1-24-13-15(12-22-24)18-5-3-2-4-10-25(18)20(26)19-11-17(23-27-19)14-6-8-16(21)9-7-14/h6-9,11-13,18H,2-5,10H2,1H3/t18-/m1/s1. The molecule has 3 aromatic rings. The molecule has 6 nitrogen and oxygen atoms in total. The predicted molar refractivity (Wildman–Crippen MR) is 97.4 cm³/mol. The van der Waals surface area contributed by atoms with Crippen LogP contribution >= 0.6 is 0 Å². The van der Waals surface area contributed by atoms with Crippen molar-refractivity contribution in [1.82, 2.24) is 19.8 Å². The van der Waals surface area contributed by atoms with Gasteiger partial charge in [0, 0.05) is 37.0 Å². The lowest BCUT2D eigenvalue weighted by molar-refractivity contribution is 0.0638. The van der Waals surface area contributed by atoms with E-state index in [2.05, 4.69) is 10.3 Å². The Balaban J connectivity index is 1.60. The van der Waals surface area contributed by atoms with Crippen molar-refractivity contribution in [2.24, 2.45) is 7.05 Å². The second-order valence-electron chi connectivity index (χ2n) is 6.89. The molecule has 3 heterocycles. The van der Waals surface area contributed by atoms with E-state index in [9.17, 15) is 9.18 Å². The lowest BCUT2D eigenvalue weighted by Gasteiger charge is -2.28. The smallest absolute Gasteiger partial charge is 0.292 e. The summed E-state index contributed by atoms with van der Waals surface area (Å²) < 4.78 is 20.2. The van der Waals surface area contributed by atoms with Crippen LogP contribution in [0.1, 0.15) is 47.8 Å². The van der Waals surface area contributed by atoms with Crippen molar-refractivity contribution in [2.75, 3.05) is 6.54 Å². The molecule has 1 fully saturated rings. The number of carbonyl (C=O) groups is 1. The summed E-state index contributed by atoms with van der Waals surface area (Å²) in [7, 11) is 1.87. The van der Waals surface area contributed by atoms with E-state index in [1.54, 1.807) is 22.9 Å². The van der Waals surface area contributed by atoms with Gasteiger partial charge in [-0.25, -0.2) is 4.39 Å². The predicted octanol–water partition coefficient (Wildman–Crippen LogP) is 3.97. The highest BCUT2D eigenvalue weighted by molar-refractivity contribution is 5.92. The first-order valence-corrected chi connectivity index (χ1v) is 9.14. The number of hydrogen-bond donors (Lipinski definition) is 0. The topological polar surface area (TPSA) is 64.2 Å². The van der Waals surface area contributed by atoms with E-state index in [0.29, 0.717) is 17.8 Å². The van der Waals surface area contributed by atoms with E-state index in [0.717, 1.165) is 31.2 Å². The second-order valence-corrected chi connectivity index (χ2v) is 6.89. The highest BCUT2D eigenvalue weighted by Crippen LogP contribution is 2.31. The fourth-order valence-electron chi connectivity index (χ4n) is 3.58. The van der Waals surface area contributed by atoms with Gasteiger partial charge in [-0.1, -0.05) is 18.0 Å². The zero-order valence-corrected chi connectivity index (χ0v) is 15.1. The summed E-state index contributed by atoms with van der Waals surface area (Å²) in [5.41, 5.74) is 2.26. The number of aryl methyl sites for hydroxylation is 1. The Morgan fingerprint density at radius 3 is 2.78 bits per heavy atom. The molecule has 140 valence electrons. The van der Waals surface area contributed by atoms with Crippen LogP contribution in [-0.4, -0.2) is 32.3 Å². The molecule has 1 aliphatic heterocycles. The van der Waals surface area contributed by atoms with Crippen LogP contribution < -0.4 is 0 Å². The van der Waals surface area contributed by atoms with Crippen molar-refractivity contribution in [3.8, 4) is 11.3 Å². The molecule has 1 amide bonds. The average molecular weight is 368 g/mol. The van der Waals surface area contributed by atoms with Crippen molar-refractivity contribution < 1.29 is 13.7 Å². The highest BCUT2D eigenvalue weighted by Gasteiger charge is 2.30. The van der Waals surface area contributed by atoms with Crippen LogP contribution in [0.15, 0.2) is 47.2 Å². The lowest BCUT2D eigenvalue weighted by atomic mass is 10.0. The molecule has 0 unspecified atom stereocenters. The van der Waals surface area contributed by atoms with E-state index in [4.69, 9.17) is 4.52 Å². The summed E-state index contributed by atoms with van der Waals surface area (Å²) in [5, 5.41) is 8.25. The molecule has 2 aromatic heterocycles. The summed E-state index contributed by atoms with van der Waals surface area (Å²) in [6, 6.07) is 7.56. The van der Waals surface area contributed by atoms with Crippen molar-refractivity contribution in [3.63, 3.8) is 0 Å². The quantitative estimate of drug-likeness (QED) is 0.702. The highest BCUT2D eigenvalue weighted by atomic mass is 19.1. The Morgan fingerprint density at radius 1 is 1.22 bits per heavy atom. The minimum atomic E-state index is -0.317. The van der Waals surface area contributed by atoms with Crippen molar-refractivity contribution in [1.29, 1.82) is 0 Å². The zero-order valence-electron chi connectivity index (χ0n) is 15.1. The number of carbonyl (C=O) groups excluding carboxylic acids is 1. The van der Waals surface area contributed by atoms with Crippen LogP contribution in [0.25, 0.3) is 11.3 Å². The number of hydrogen-bond acceptors (Lipinski definition) is 4. The minimum absolute atomic E-state index is 0.0203. The van der Waals surface area contributed by atoms with Gasteiger partial charge in [0.15, 0.2) is 0 Å². The maximum Gasteiger partial charge on any atom is 0.292 e. The number of amides is 1. The summed E-state index contributed by atoms with van der Waals surface area (Å²) in [6.07, 6.45) is 7.80. The summed E-state index contributed by atoms with van der Waals surface area (Å²) in [4.78, 5) is 15.0. The Labute approximate surface area is 156 Å². The number of benzene rings is 1. The zero-order chi connectivity index (χ0) is 18.8. The van der Waals surface area contributed by atoms with Gasteiger partial charge in [0.25, 0.3) is 5.91 Å². The van der Waals surface area contributed by atoms with E-state index in [-0.39, 0.29) is 23.5 Å². The lowest BCUT2D eigenvalue weighted by Crippen LogP contribution is -2.34. The van der Waals surface area contributed by atoms with Crippen molar-refractivity contribution in [3.05, 3.63) is 59.9 Å². The van der Waals surface area contributed by atoms with Crippen LogP contribution in [0.4, 0.5) is 4.39 Å². The Hall–Kier alpha value is -2.96. The third kappa shape index (κ3) is 3.63. The monoisotopic (exact) mass is 368 g/mol. The van der Waals surface area contributed by atoms with Gasteiger partial charge in [0.1, 0.15) is 11.5 Å². The molecule has 1 aliphatic rings. The normalized spacial score (nSPS) is 17.7. The van der Waals surface area contributed by atoms with Gasteiger partial charge in [0.2, 0.25) is 5.76 Å². The van der Waals surface area contributed by atoms with Crippen LogP contribution in [0.3, 0.4) is 0 Å². The number of aromatic nitrogens is 3. The molecule has 0 aliphatic carbocycles. The van der Waals surface area contributed by atoms with E-state index in [1.165, 1.54) is 12.1 Å². The molecule has 0 bridgehead atoms. The van der Waals surface area contributed by atoms with Crippen LogP contribution in [-0.2, 0) is 7.05 Å². The minimum Gasteiger partial charge on any atom is -0.350 e. The molecule has 0 N–H and O–H groups in total. The molecule has 4 rings (SSSR count). The number of nitrogens with zero attached hydrogens (tertiary/aromatic N) is 4. The molecular weight excluding hydrogens is 347 g/mol. The fourth-order valence-corrected chi connectivity index (χ4v) is 3.58. The molecule has 1 atom stereocenters. The third-order valence-electron chi connectivity index (χ3n) is 4.98. The largest absolute Gasteiger partial charge is 0.350 e. The average Bonchev–Trinajstić information content (AvgIpc) is 3.25. The summed E-state index contributed by atoms with van der Waals surface area (Å²) in [6.45, 7) is 0.672. The van der Waals surface area contributed by atoms with Gasteiger partial charge in [0.05, 0.1) is 12.2 Å². The van der Waals surface area contributed by atoms with Gasteiger partial charge < -0.3 is 9.42 Å². The number of likely N-dealkylation sites (tertiary alicyclic amines) is 1. The third-order valence-corrected chi connectivity index (χ3v) is 4.98. The molecule has 1 saturated heterocycles. The second kappa shape index (κ2) is 7.34. The molecular formula is C20H21FN4O2. The Kier molecular flexibility index (Phi) is 4.75. The fraction of sp³-hybridized carbons (Fsp3) is 0.350. The van der Waals surface area contributed by atoms with E-state index >= 15 is 0 Å². The molecule has 0 spiro atoms. The molecule has 27 heavy (non-hydrogen) atoms. The van der Waals surface area contributed by atoms with Crippen LogP contribution in [0, 0.1) is 5.82 Å². The van der Waals surface area contributed by atoms with Crippen molar-refractivity contribution in [2.45, 2.75) is 31.7 Å². The Morgan fingerprint density at radius 2 is 2.04 bits per heavy atom. The van der Waals surface area contributed by atoms with Crippen molar-refractivity contribution >= 4 is 5.91 Å². The van der Waals surface area contributed by atoms with Crippen LogP contribution in [0.5, 0.6) is 0 Å². The van der Waals surface area contributed by atoms with Gasteiger partial charge in [-0.05, 0) is 37.1 Å². The van der Waals surface area contributed by atoms with E-state index in [1.807, 2.05) is 24.3 Å². The van der Waals surface area contributed by atoms with E-state index < -0.39 is 0 Å². The van der Waals surface area contributed by atoms with Gasteiger partial charge in [-0.3, -0.25) is 9.48 Å². The maximum atomic E-state index is 13.1. The maximum absolute atomic E-state index is 13.1. The summed E-state index contributed by atoms with van der Waals surface area (Å²) in [5.74, 6) is -0.292. The first-order chi connectivity index (χ1) is 13.1. The Bertz CT molecular complexity index is 932. The number of halogens is 1. The first kappa shape index (κ1) is 17.5. The van der Waals surface area contributed by atoms with Gasteiger partial charge in [-0.15, -0.1) is 0 Å².